The highest BCUT2D eigenvalue weighted by Crippen LogP contribution is 2.24. The topological polar surface area (TPSA) is 41.6 Å². The Kier molecular flexibility index (Phi) is 7.50. The van der Waals surface area contributed by atoms with Crippen molar-refractivity contribution in [3.63, 3.8) is 0 Å². The number of nitrogens with one attached hydrogen (secondary N) is 1. The van der Waals surface area contributed by atoms with Crippen LogP contribution in [-0.2, 0) is 16.1 Å². The number of carbonyl (C=O) groups is 1. The number of carbonyl (C=O) groups excluding carboxylic acids is 1. The quantitative estimate of drug-likeness (QED) is 0.865. The average Bonchev–Trinajstić information content (AvgIpc) is 3.04. The largest absolute Gasteiger partial charge is 0.361 e. The van der Waals surface area contributed by atoms with Gasteiger partial charge in [-0.15, -0.1) is 12.4 Å². The molecule has 128 valence electrons. The van der Waals surface area contributed by atoms with E-state index in [0.29, 0.717) is 19.1 Å². The van der Waals surface area contributed by atoms with Gasteiger partial charge in [-0.25, -0.2) is 0 Å². The van der Waals surface area contributed by atoms with Gasteiger partial charge in [0.05, 0.1) is 12.6 Å². The third-order valence-corrected chi connectivity index (χ3v) is 4.80. The van der Waals surface area contributed by atoms with Crippen LogP contribution in [0.2, 0.25) is 0 Å². The van der Waals surface area contributed by atoms with E-state index in [9.17, 15) is 4.79 Å². The Bertz CT molecular complexity index is 477. The molecule has 1 aromatic rings. The lowest BCUT2D eigenvalue weighted by atomic mass is 9.89. The first-order valence-corrected chi connectivity index (χ1v) is 8.45. The van der Waals surface area contributed by atoms with Crippen molar-refractivity contribution in [1.82, 2.24) is 10.2 Å². The summed E-state index contributed by atoms with van der Waals surface area (Å²) in [5, 5.41) is 3.33. The number of piperidine rings is 1. The Labute approximate surface area is 145 Å². The van der Waals surface area contributed by atoms with Crippen LogP contribution < -0.4 is 5.32 Å². The third-order valence-electron chi connectivity index (χ3n) is 4.80. The number of ketones is 1. The average molecular weight is 339 g/mol. The molecule has 0 saturated carbocycles. The number of benzene rings is 1. The van der Waals surface area contributed by atoms with E-state index < -0.39 is 0 Å². The lowest BCUT2D eigenvalue weighted by Gasteiger charge is -2.29. The summed E-state index contributed by atoms with van der Waals surface area (Å²) in [6, 6.07) is 10.3. The Balaban J connectivity index is 0.00000192. The molecule has 2 aliphatic rings. The number of hydrogen-bond donors (Lipinski definition) is 1. The van der Waals surface area contributed by atoms with Crippen molar-refractivity contribution in [2.45, 2.75) is 38.3 Å². The van der Waals surface area contributed by atoms with Crippen molar-refractivity contribution in [3.8, 4) is 0 Å². The molecule has 1 atom stereocenters. The van der Waals surface area contributed by atoms with Crippen LogP contribution in [0.15, 0.2) is 30.3 Å². The summed E-state index contributed by atoms with van der Waals surface area (Å²) in [6.45, 7) is 4.12. The fourth-order valence-electron chi connectivity index (χ4n) is 3.54. The molecule has 2 fully saturated rings. The molecule has 2 heterocycles. The summed E-state index contributed by atoms with van der Waals surface area (Å²) < 4.78 is 5.83. The van der Waals surface area contributed by atoms with Crippen molar-refractivity contribution in [1.29, 1.82) is 0 Å². The fraction of sp³-hybridized carbons (Fsp3) is 0.611. The molecule has 0 amide bonds. The first-order valence-electron chi connectivity index (χ1n) is 8.45. The highest BCUT2D eigenvalue weighted by molar-refractivity contribution is 5.86. The second-order valence-electron chi connectivity index (χ2n) is 6.36. The van der Waals surface area contributed by atoms with E-state index >= 15 is 0 Å². The zero-order chi connectivity index (χ0) is 15.2. The van der Waals surface area contributed by atoms with Crippen LogP contribution in [0.5, 0.6) is 0 Å². The fourth-order valence-corrected chi connectivity index (χ4v) is 3.54. The van der Waals surface area contributed by atoms with Gasteiger partial charge in [0.25, 0.3) is 0 Å². The van der Waals surface area contributed by atoms with Crippen LogP contribution in [0.1, 0.15) is 31.2 Å². The van der Waals surface area contributed by atoms with Gasteiger partial charge in [0.2, 0.25) is 0 Å². The Morgan fingerprint density at radius 1 is 1.17 bits per heavy atom. The van der Waals surface area contributed by atoms with Gasteiger partial charge in [0.15, 0.2) is 5.78 Å². The molecule has 1 aromatic carbocycles. The van der Waals surface area contributed by atoms with Crippen molar-refractivity contribution in [2.75, 3.05) is 26.4 Å². The molecule has 5 heteroatoms. The minimum atomic E-state index is 0. The van der Waals surface area contributed by atoms with Gasteiger partial charge >= 0.3 is 0 Å². The first kappa shape index (κ1) is 18.4. The number of Topliss-reactive ketones (excluding diaryl/α,β-unsaturated/α-hetero) is 1. The summed E-state index contributed by atoms with van der Waals surface area (Å²) in [5.74, 6) is 0.697. The molecule has 23 heavy (non-hydrogen) atoms. The van der Waals surface area contributed by atoms with Crippen LogP contribution in [0.4, 0.5) is 0 Å². The summed E-state index contributed by atoms with van der Waals surface area (Å²) >= 11 is 0. The first-order chi connectivity index (χ1) is 10.8. The predicted octanol–water partition coefficient (Wildman–Crippen LogP) is 2.62. The summed E-state index contributed by atoms with van der Waals surface area (Å²) in [4.78, 5) is 14.9. The second kappa shape index (κ2) is 9.38. The number of likely N-dealkylation sites (tertiary alicyclic amines) is 1. The van der Waals surface area contributed by atoms with E-state index in [1.54, 1.807) is 0 Å². The molecule has 2 aliphatic heterocycles. The number of ether oxygens (including phenoxy) is 1. The smallest absolute Gasteiger partial charge is 0.153 e. The molecular weight excluding hydrogens is 312 g/mol. The van der Waals surface area contributed by atoms with Gasteiger partial charge in [-0.3, -0.25) is 9.69 Å². The Morgan fingerprint density at radius 2 is 1.91 bits per heavy atom. The van der Waals surface area contributed by atoms with Crippen molar-refractivity contribution in [2.24, 2.45) is 5.92 Å². The Hall–Kier alpha value is -0.940. The molecule has 0 bridgehead atoms. The van der Waals surface area contributed by atoms with Crippen molar-refractivity contribution < 1.29 is 9.53 Å². The minimum Gasteiger partial charge on any atom is -0.361 e. The van der Waals surface area contributed by atoms with Gasteiger partial charge in [0.1, 0.15) is 6.73 Å². The summed E-state index contributed by atoms with van der Waals surface area (Å²) in [5.41, 5.74) is 1.18. The number of halogens is 1. The maximum Gasteiger partial charge on any atom is 0.153 e. The molecular formula is C18H27ClN2O2. The van der Waals surface area contributed by atoms with Crippen LogP contribution in [0.25, 0.3) is 0 Å². The molecule has 0 aliphatic carbocycles. The van der Waals surface area contributed by atoms with E-state index in [-0.39, 0.29) is 24.4 Å². The molecule has 3 rings (SSSR count). The summed E-state index contributed by atoms with van der Waals surface area (Å²) in [6.07, 6.45) is 4.09. The van der Waals surface area contributed by atoms with Crippen LogP contribution in [-0.4, -0.2) is 43.1 Å². The zero-order valence-electron chi connectivity index (χ0n) is 13.6. The highest BCUT2D eigenvalue weighted by atomic mass is 35.5. The standard InChI is InChI=1S/C18H26N2O2.ClH/c21-18(16-8-10-19-11-9-16)17-7-4-12-20(17)14-22-13-15-5-2-1-3-6-15;/h1-3,5-6,16-17,19H,4,7-14H2;1H/t17-;/m0./s1. The number of rotatable bonds is 6. The monoisotopic (exact) mass is 338 g/mol. The molecule has 2 saturated heterocycles. The maximum atomic E-state index is 12.7. The third kappa shape index (κ3) is 5.01. The lowest BCUT2D eigenvalue weighted by molar-refractivity contribution is -0.130. The van der Waals surface area contributed by atoms with E-state index in [0.717, 1.165) is 45.3 Å². The molecule has 0 radical (unpaired) electrons. The van der Waals surface area contributed by atoms with Crippen LogP contribution in [0, 0.1) is 5.92 Å². The molecule has 0 aromatic heterocycles. The molecule has 0 spiro atoms. The van der Waals surface area contributed by atoms with Crippen molar-refractivity contribution >= 4 is 18.2 Å². The van der Waals surface area contributed by atoms with Gasteiger partial charge in [-0.05, 0) is 44.3 Å². The van der Waals surface area contributed by atoms with Gasteiger partial charge < -0.3 is 10.1 Å². The van der Waals surface area contributed by atoms with E-state index in [1.807, 2.05) is 18.2 Å². The Morgan fingerprint density at radius 3 is 2.65 bits per heavy atom. The normalized spacial score (nSPS) is 22.7. The number of nitrogens with zero attached hydrogens (tertiary/aromatic N) is 1. The van der Waals surface area contributed by atoms with Gasteiger partial charge in [-0.2, -0.15) is 0 Å². The maximum absolute atomic E-state index is 12.7. The van der Waals surface area contributed by atoms with Gasteiger partial charge in [0, 0.05) is 12.5 Å². The molecule has 0 unspecified atom stereocenters. The SMILES string of the molecule is Cl.O=C(C1CCNCC1)[C@@H]1CCCN1COCc1ccccc1. The molecule has 1 N–H and O–H groups in total. The number of hydrogen-bond acceptors (Lipinski definition) is 4. The minimum absolute atomic E-state index is 0. The van der Waals surface area contributed by atoms with E-state index in [1.165, 1.54) is 5.56 Å². The van der Waals surface area contributed by atoms with Gasteiger partial charge in [-0.1, -0.05) is 30.3 Å². The van der Waals surface area contributed by atoms with Crippen LogP contribution >= 0.6 is 12.4 Å². The van der Waals surface area contributed by atoms with E-state index in [2.05, 4.69) is 22.3 Å². The second-order valence-corrected chi connectivity index (χ2v) is 6.36. The zero-order valence-corrected chi connectivity index (χ0v) is 14.4. The highest BCUT2D eigenvalue weighted by Gasteiger charge is 2.35. The van der Waals surface area contributed by atoms with E-state index in [4.69, 9.17) is 4.74 Å². The predicted molar refractivity (Wildman–Crippen MR) is 93.7 cm³/mol. The molecule has 4 nitrogen and oxygen atoms in total. The van der Waals surface area contributed by atoms with Crippen molar-refractivity contribution in [3.05, 3.63) is 35.9 Å². The van der Waals surface area contributed by atoms with Crippen LogP contribution in [0.3, 0.4) is 0 Å². The lowest BCUT2D eigenvalue weighted by Crippen LogP contribution is -2.43. The summed E-state index contributed by atoms with van der Waals surface area (Å²) in [7, 11) is 0.